The van der Waals surface area contributed by atoms with Crippen LogP contribution >= 0.6 is 11.6 Å². The highest BCUT2D eigenvalue weighted by molar-refractivity contribution is 6.53. The summed E-state index contributed by atoms with van der Waals surface area (Å²) in [7, 11) is 0. The molecular formula is C30H28ClN3O5. The maximum atomic E-state index is 13.2. The fourth-order valence-corrected chi connectivity index (χ4v) is 4.15. The van der Waals surface area contributed by atoms with Crippen molar-refractivity contribution in [1.29, 1.82) is 0 Å². The zero-order chi connectivity index (χ0) is 28.1. The van der Waals surface area contributed by atoms with E-state index in [1.54, 1.807) is 24.3 Å². The Balaban J connectivity index is 1.47. The van der Waals surface area contributed by atoms with Gasteiger partial charge in [-0.25, -0.2) is 9.69 Å². The average Bonchev–Trinajstić information content (AvgIpc) is 3.14. The Kier molecular flexibility index (Phi) is 8.46. The quantitative estimate of drug-likeness (QED) is 0.196. The molecule has 3 aromatic rings. The van der Waals surface area contributed by atoms with Gasteiger partial charge in [0.25, 0.3) is 17.7 Å². The summed E-state index contributed by atoms with van der Waals surface area (Å²) < 4.78 is 5.19. The number of hydrogen-bond donors (Lipinski definition) is 2. The molecule has 200 valence electrons. The van der Waals surface area contributed by atoms with Crippen molar-refractivity contribution in [1.82, 2.24) is 0 Å². The summed E-state index contributed by atoms with van der Waals surface area (Å²) in [4.78, 5) is 52.0. The molecular weight excluding hydrogens is 518 g/mol. The van der Waals surface area contributed by atoms with Gasteiger partial charge in [-0.2, -0.15) is 0 Å². The van der Waals surface area contributed by atoms with Gasteiger partial charge in [0.05, 0.1) is 17.9 Å². The third-order valence-electron chi connectivity index (χ3n) is 6.15. The lowest BCUT2D eigenvalue weighted by atomic mass is 10.1. The third kappa shape index (κ3) is 6.18. The first-order valence-electron chi connectivity index (χ1n) is 12.5. The monoisotopic (exact) mass is 545 g/mol. The molecule has 0 aliphatic carbocycles. The molecule has 0 spiro atoms. The highest BCUT2D eigenvalue weighted by Gasteiger charge is 2.39. The number of anilines is 3. The van der Waals surface area contributed by atoms with Gasteiger partial charge >= 0.3 is 5.97 Å². The van der Waals surface area contributed by atoms with Crippen LogP contribution in [0.15, 0.2) is 77.5 Å². The van der Waals surface area contributed by atoms with Gasteiger partial charge < -0.3 is 15.4 Å². The van der Waals surface area contributed by atoms with E-state index in [1.165, 1.54) is 24.3 Å². The number of carbonyl (C=O) groups is 4. The lowest BCUT2D eigenvalue weighted by Crippen LogP contribution is -2.32. The van der Waals surface area contributed by atoms with Crippen molar-refractivity contribution in [2.45, 2.75) is 33.6 Å². The van der Waals surface area contributed by atoms with E-state index in [1.807, 2.05) is 39.0 Å². The fraction of sp³-hybridized carbons (Fsp3) is 0.200. The number of hydrogen-bond acceptors (Lipinski definition) is 6. The number of ether oxygens (including phenoxy) is 1. The number of nitrogens with zero attached hydrogens (tertiary/aromatic N) is 1. The molecule has 0 radical (unpaired) electrons. The van der Waals surface area contributed by atoms with Gasteiger partial charge in [-0.1, -0.05) is 43.1 Å². The highest BCUT2D eigenvalue weighted by atomic mass is 35.5. The molecule has 0 bridgehead atoms. The molecule has 3 amide bonds. The predicted octanol–water partition coefficient (Wildman–Crippen LogP) is 5.95. The van der Waals surface area contributed by atoms with Crippen molar-refractivity contribution < 1.29 is 23.9 Å². The first-order chi connectivity index (χ1) is 18.7. The number of aryl methyl sites for hydroxylation is 2. The largest absolute Gasteiger partial charge is 0.462 e. The van der Waals surface area contributed by atoms with Gasteiger partial charge in [0.15, 0.2) is 0 Å². The summed E-state index contributed by atoms with van der Waals surface area (Å²) in [5.74, 6) is -2.16. The van der Waals surface area contributed by atoms with Crippen molar-refractivity contribution in [2.24, 2.45) is 0 Å². The first-order valence-corrected chi connectivity index (χ1v) is 12.9. The summed E-state index contributed by atoms with van der Waals surface area (Å²) in [5.41, 5.74) is 3.86. The molecule has 8 nitrogen and oxygen atoms in total. The van der Waals surface area contributed by atoms with Gasteiger partial charge in [0, 0.05) is 16.9 Å². The second kappa shape index (κ2) is 12.0. The zero-order valence-electron chi connectivity index (χ0n) is 21.8. The number of nitrogens with one attached hydrogen (secondary N) is 2. The number of rotatable bonds is 9. The van der Waals surface area contributed by atoms with E-state index in [4.69, 9.17) is 16.3 Å². The SMILES string of the molecule is CCCCOC(=O)c1ccc(N2C(=O)C(Cl)=C(Nc3cccc(C(=O)Nc4cc(C)ccc4C)c3)C2=O)cc1. The Bertz CT molecular complexity index is 1480. The molecule has 0 unspecified atom stereocenters. The van der Waals surface area contributed by atoms with Crippen LogP contribution in [0.4, 0.5) is 17.1 Å². The molecule has 0 saturated carbocycles. The smallest absolute Gasteiger partial charge is 0.338 e. The lowest BCUT2D eigenvalue weighted by molar-refractivity contribution is -0.120. The molecule has 1 aliphatic rings. The Labute approximate surface area is 231 Å². The standard InChI is InChI=1S/C30H28ClN3O5/c1-4-5-15-39-30(38)20-11-13-23(14-12-20)34-28(36)25(31)26(29(34)37)32-22-8-6-7-21(17-22)27(35)33-24-16-18(2)9-10-19(24)3/h6-14,16-17,32H,4-5,15H2,1-3H3,(H,33,35). The van der Waals surface area contributed by atoms with Gasteiger partial charge in [-0.05, 0) is 79.9 Å². The Morgan fingerprint density at radius 1 is 0.923 bits per heavy atom. The van der Waals surface area contributed by atoms with Gasteiger partial charge in [-0.15, -0.1) is 0 Å². The first kappa shape index (κ1) is 27.6. The van der Waals surface area contributed by atoms with Crippen LogP contribution in [0.25, 0.3) is 0 Å². The van der Waals surface area contributed by atoms with Crippen molar-refractivity contribution in [3.8, 4) is 0 Å². The van der Waals surface area contributed by atoms with Crippen LogP contribution < -0.4 is 15.5 Å². The molecule has 3 aromatic carbocycles. The molecule has 1 heterocycles. The molecule has 4 rings (SSSR count). The zero-order valence-corrected chi connectivity index (χ0v) is 22.6. The third-order valence-corrected chi connectivity index (χ3v) is 6.51. The van der Waals surface area contributed by atoms with Crippen LogP contribution in [-0.4, -0.2) is 30.3 Å². The summed E-state index contributed by atoms with van der Waals surface area (Å²) in [6.45, 7) is 6.17. The number of halogens is 1. The summed E-state index contributed by atoms with van der Waals surface area (Å²) in [6.07, 6.45) is 1.67. The van der Waals surface area contributed by atoms with E-state index in [0.717, 1.165) is 28.9 Å². The second-order valence-corrected chi connectivity index (χ2v) is 9.53. The summed E-state index contributed by atoms with van der Waals surface area (Å²) in [5, 5.41) is 5.51. The van der Waals surface area contributed by atoms with Crippen molar-refractivity contribution in [3.05, 3.63) is 99.7 Å². The topological polar surface area (TPSA) is 105 Å². The number of benzene rings is 3. The summed E-state index contributed by atoms with van der Waals surface area (Å²) in [6, 6.07) is 18.3. The molecule has 0 fully saturated rings. The summed E-state index contributed by atoms with van der Waals surface area (Å²) >= 11 is 6.26. The predicted molar refractivity (Wildman–Crippen MR) is 151 cm³/mol. The van der Waals surface area contributed by atoms with Crippen molar-refractivity contribution >= 4 is 52.4 Å². The number of carbonyl (C=O) groups excluding carboxylic acids is 4. The Morgan fingerprint density at radius 3 is 2.38 bits per heavy atom. The van der Waals surface area contributed by atoms with Crippen LogP contribution in [0.3, 0.4) is 0 Å². The van der Waals surface area contributed by atoms with Crippen molar-refractivity contribution in [3.63, 3.8) is 0 Å². The van der Waals surface area contributed by atoms with Gasteiger partial charge in [0.2, 0.25) is 0 Å². The van der Waals surface area contributed by atoms with E-state index >= 15 is 0 Å². The Morgan fingerprint density at radius 2 is 1.67 bits per heavy atom. The molecule has 0 atom stereocenters. The normalized spacial score (nSPS) is 13.1. The lowest BCUT2D eigenvalue weighted by Gasteiger charge is -2.16. The van der Waals surface area contributed by atoms with Crippen LogP contribution in [0.2, 0.25) is 0 Å². The van der Waals surface area contributed by atoms with E-state index in [0.29, 0.717) is 29.1 Å². The van der Waals surface area contributed by atoms with Crippen LogP contribution in [0.5, 0.6) is 0 Å². The van der Waals surface area contributed by atoms with E-state index < -0.39 is 17.8 Å². The molecule has 2 N–H and O–H groups in total. The number of unbranched alkanes of at least 4 members (excludes halogenated alkanes) is 1. The fourth-order valence-electron chi connectivity index (χ4n) is 3.93. The molecule has 0 aromatic heterocycles. The number of amides is 3. The van der Waals surface area contributed by atoms with Crippen molar-refractivity contribution in [2.75, 3.05) is 22.1 Å². The average molecular weight is 546 g/mol. The number of imide groups is 1. The van der Waals surface area contributed by atoms with E-state index in [-0.39, 0.29) is 22.3 Å². The minimum Gasteiger partial charge on any atom is -0.462 e. The minimum atomic E-state index is -0.703. The van der Waals surface area contributed by atoms with E-state index in [2.05, 4.69) is 10.6 Å². The van der Waals surface area contributed by atoms with E-state index in [9.17, 15) is 19.2 Å². The molecule has 0 saturated heterocycles. The van der Waals surface area contributed by atoms with Gasteiger partial charge in [-0.3, -0.25) is 14.4 Å². The van der Waals surface area contributed by atoms with Crippen LogP contribution in [0.1, 0.15) is 51.6 Å². The number of esters is 1. The van der Waals surface area contributed by atoms with Crippen LogP contribution in [-0.2, 0) is 14.3 Å². The maximum Gasteiger partial charge on any atom is 0.338 e. The maximum absolute atomic E-state index is 13.2. The van der Waals surface area contributed by atoms with Crippen LogP contribution in [0, 0.1) is 13.8 Å². The highest BCUT2D eigenvalue weighted by Crippen LogP contribution is 2.30. The molecule has 39 heavy (non-hydrogen) atoms. The molecule has 9 heteroatoms. The molecule has 1 aliphatic heterocycles. The van der Waals surface area contributed by atoms with Gasteiger partial charge in [0.1, 0.15) is 10.7 Å². The second-order valence-electron chi connectivity index (χ2n) is 9.15. The Hall–Kier alpha value is -4.43. The minimum absolute atomic E-state index is 0.114.